The third kappa shape index (κ3) is 2.35. The number of alkyl halides is 1. The summed E-state index contributed by atoms with van der Waals surface area (Å²) in [5, 5.41) is 9.21. The zero-order valence-electron chi connectivity index (χ0n) is 7.38. The Kier molecular flexibility index (Phi) is 3.33. The average Bonchev–Trinajstić information content (AvgIpc) is 2.70. The SMILES string of the molecule is Fc1cc(-c2nnc(CCl)s2)ccc1Br. The van der Waals surface area contributed by atoms with Crippen LogP contribution in [0.2, 0.25) is 0 Å². The summed E-state index contributed by atoms with van der Waals surface area (Å²) in [6.07, 6.45) is 0. The van der Waals surface area contributed by atoms with Crippen molar-refractivity contribution in [2.75, 3.05) is 0 Å². The van der Waals surface area contributed by atoms with Crippen LogP contribution < -0.4 is 0 Å². The van der Waals surface area contributed by atoms with Crippen molar-refractivity contribution in [3.63, 3.8) is 0 Å². The standard InChI is InChI=1S/C9H5BrClFN2S/c10-6-2-1-5(3-7(6)12)9-14-13-8(4-11)15-9/h1-3H,4H2. The van der Waals surface area contributed by atoms with Gasteiger partial charge in [-0.05, 0) is 28.1 Å². The van der Waals surface area contributed by atoms with Crippen molar-refractivity contribution in [3.05, 3.63) is 33.5 Å². The van der Waals surface area contributed by atoms with Crippen molar-refractivity contribution >= 4 is 38.9 Å². The van der Waals surface area contributed by atoms with Crippen LogP contribution >= 0.6 is 38.9 Å². The van der Waals surface area contributed by atoms with E-state index in [0.717, 1.165) is 5.01 Å². The van der Waals surface area contributed by atoms with E-state index in [1.54, 1.807) is 12.1 Å². The summed E-state index contributed by atoms with van der Waals surface area (Å²) >= 11 is 10.1. The first-order valence-electron chi connectivity index (χ1n) is 4.04. The van der Waals surface area contributed by atoms with Crippen molar-refractivity contribution < 1.29 is 4.39 Å². The Bertz CT molecular complexity index is 489. The van der Waals surface area contributed by atoms with E-state index in [1.165, 1.54) is 17.4 Å². The predicted molar refractivity (Wildman–Crippen MR) is 62.6 cm³/mol. The van der Waals surface area contributed by atoms with Gasteiger partial charge < -0.3 is 0 Å². The molecule has 78 valence electrons. The summed E-state index contributed by atoms with van der Waals surface area (Å²) in [5.41, 5.74) is 0.713. The summed E-state index contributed by atoms with van der Waals surface area (Å²) in [4.78, 5) is 0. The fourth-order valence-corrected chi connectivity index (χ4v) is 2.20. The summed E-state index contributed by atoms with van der Waals surface area (Å²) < 4.78 is 13.7. The summed E-state index contributed by atoms with van der Waals surface area (Å²) in [5.74, 6) is 0.0200. The van der Waals surface area contributed by atoms with Crippen LogP contribution in [-0.2, 0) is 5.88 Å². The van der Waals surface area contributed by atoms with Crippen LogP contribution in [0.5, 0.6) is 0 Å². The molecular weight excluding hydrogens is 303 g/mol. The maximum absolute atomic E-state index is 13.2. The fraction of sp³-hybridized carbons (Fsp3) is 0.111. The van der Waals surface area contributed by atoms with Crippen molar-refractivity contribution in [2.45, 2.75) is 5.88 Å². The normalized spacial score (nSPS) is 10.6. The Morgan fingerprint density at radius 2 is 2.20 bits per heavy atom. The van der Waals surface area contributed by atoms with Crippen molar-refractivity contribution in [3.8, 4) is 10.6 Å². The van der Waals surface area contributed by atoms with E-state index in [-0.39, 0.29) is 5.82 Å². The van der Waals surface area contributed by atoms with Gasteiger partial charge in [-0.25, -0.2) is 4.39 Å². The number of nitrogens with zero attached hydrogens (tertiary/aromatic N) is 2. The van der Waals surface area contributed by atoms with Gasteiger partial charge >= 0.3 is 0 Å². The molecule has 2 aromatic rings. The lowest BCUT2D eigenvalue weighted by molar-refractivity contribution is 0.621. The lowest BCUT2D eigenvalue weighted by atomic mass is 10.2. The highest BCUT2D eigenvalue weighted by Gasteiger charge is 2.08. The molecule has 1 aromatic carbocycles. The van der Waals surface area contributed by atoms with Crippen molar-refractivity contribution in [1.29, 1.82) is 0 Å². The number of aromatic nitrogens is 2. The molecule has 0 radical (unpaired) electrons. The number of rotatable bonds is 2. The molecule has 0 unspecified atom stereocenters. The molecule has 0 aliphatic carbocycles. The highest BCUT2D eigenvalue weighted by Crippen LogP contribution is 2.27. The Morgan fingerprint density at radius 1 is 1.40 bits per heavy atom. The second-order valence-electron chi connectivity index (χ2n) is 2.76. The van der Waals surface area contributed by atoms with E-state index < -0.39 is 0 Å². The molecule has 0 N–H and O–H groups in total. The van der Waals surface area contributed by atoms with Gasteiger partial charge in [-0.15, -0.1) is 21.8 Å². The van der Waals surface area contributed by atoms with Crippen LogP contribution in [0.15, 0.2) is 22.7 Å². The van der Waals surface area contributed by atoms with Gasteiger partial charge in [-0.3, -0.25) is 0 Å². The second kappa shape index (κ2) is 4.55. The van der Waals surface area contributed by atoms with E-state index in [9.17, 15) is 4.39 Å². The lowest BCUT2D eigenvalue weighted by Gasteiger charge is -1.97. The van der Waals surface area contributed by atoms with Crippen molar-refractivity contribution in [1.82, 2.24) is 10.2 Å². The van der Waals surface area contributed by atoms with E-state index in [2.05, 4.69) is 26.1 Å². The number of halogens is 3. The minimum absolute atomic E-state index is 0.310. The third-order valence-electron chi connectivity index (χ3n) is 1.75. The first-order chi connectivity index (χ1) is 7.20. The molecule has 6 heteroatoms. The van der Waals surface area contributed by atoms with Crippen LogP contribution in [0.25, 0.3) is 10.6 Å². The molecule has 0 spiro atoms. The van der Waals surface area contributed by atoms with Gasteiger partial charge in [0.15, 0.2) is 0 Å². The molecule has 1 aromatic heterocycles. The minimum atomic E-state index is -0.310. The van der Waals surface area contributed by atoms with E-state index >= 15 is 0 Å². The van der Waals surface area contributed by atoms with Crippen LogP contribution in [0.3, 0.4) is 0 Å². The number of hydrogen-bond acceptors (Lipinski definition) is 3. The molecule has 15 heavy (non-hydrogen) atoms. The Labute approximate surface area is 103 Å². The van der Waals surface area contributed by atoms with Crippen LogP contribution in [0.4, 0.5) is 4.39 Å². The zero-order valence-corrected chi connectivity index (χ0v) is 10.5. The largest absolute Gasteiger partial charge is 0.206 e. The molecule has 0 saturated heterocycles. The number of hydrogen-bond donors (Lipinski definition) is 0. The summed E-state index contributed by atoms with van der Waals surface area (Å²) in [6, 6.07) is 4.85. The van der Waals surface area contributed by atoms with Gasteiger partial charge in [0.1, 0.15) is 15.8 Å². The molecular formula is C9H5BrClFN2S. The van der Waals surface area contributed by atoms with E-state index in [4.69, 9.17) is 11.6 Å². The summed E-state index contributed by atoms with van der Waals surface area (Å²) in [6.45, 7) is 0. The molecule has 0 saturated carbocycles. The molecule has 0 amide bonds. The van der Waals surface area contributed by atoms with Gasteiger partial charge in [0.05, 0.1) is 10.4 Å². The monoisotopic (exact) mass is 306 g/mol. The Hall–Kier alpha value is -0.520. The van der Waals surface area contributed by atoms with Gasteiger partial charge in [-0.1, -0.05) is 17.4 Å². The van der Waals surface area contributed by atoms with Gasteiger partial charge in [0.25, 0.3) is 0 Å². The Balaban J connectivity index is 2.40. The van der Waals surface area contributed by atoms with Crippen LogP contribution in [-0.4, -0.2) is 10.2 Å². The smallest absolute Gasteiger partial charge is 0.147 e. The van der Waals surface area contributed by atoms with Gasteiger partial charge in [0.2, 0.25) is 0 Å². The zero-order chi connectivity index (χ0) is 10.8. The second-order valence-corrected chi connectivity index (χ2v) is 4.95. The molecule has 0 bridgehead atoms. The average molecular weight is 308 g/mol. The number of benzene rings is 1. The molecule has 0 atom stereocenters. The first kappa shape index (κ1) is 11.0. The van der Waals surface area contributed by atoms with Crippen molar-refractivity contribution in [2.24, 2.45) is 0 Å². The molecule has 0 aliphatic rings. The fourth-order valence-electron chi connectivity index (χ4n) is 1.05. The molecule has 2 nitrogen and oxygen atoms in total. The van der Waals surface area contributed by atoms with Gasteiger partial charge in [-0.2, -0.15) is 0 Å². The first-order valence-corrected chi connectivity index (χ1v) is 6.19. The van der Waals surface area contributed by atoms with E-state index in [0.29, 0.717) is 20.9 Å². The van der Waals surface area contributed by atoms with Crippen LogP contribution in [0.1, 0.15) is 5.01 Å². The Morgan fingerprint density at radius 3 is 2.80 bits per heavy atom. The minimum Gasteiger partial charge on any atom is -0.206 e. The highest BCUT2D eigenvalue weighted by atomic mass is 79.9. The summed E-state index contributed by atoms with van der Waals surface area (Å²) in [7, 11) is 0. The van der Waals surface area contributed by atoms with Gasteiger partial charge in [0, 0.05) is 5.56 Å². The maximum atomic E-state index is 13.2. The third-order valence-corrected chi connectivity index (χ3v) is 3.77. The molecule has 2 rings (SSSR count). The predicted octanol–water partition coefficient (Wildman–Crippen LogP) is 3.85. The highest BCUT2D eigenvalue weighted by molar-refractivity contribution is 9.10. The van der Waals surface area contributed by atoms with Crippen LogP contribution in [0, 0.1) is 5.82 Å². The molecule has 0 fully saturated rings. The molecule has 1 heterocycles. The van der Waals surface area contributed by atoms with E-state index in [1.807, 2.05) is 0 Å². The maximum Gasteiger partial charge on any atom is 0.147 e. The quantitative estimate of drug-likeness (QED) is 0.788. The lowest BCUT2D eigenvalue weighted by Crippen LogP contribution is -1.81. The topological polar surface area (TPSA) is 25.8 Å². The molecule has 0 aliphatic heterocycles.